The van der Waals surface area contributed by atoms with Gasteiger partial charge in [-0.15, -0.1) is 0 Å². The van der Waals surface area contributed by atoms with Crippen molar-refractivity contribution in [3.63, 3.8) is 0 Å². The summed E-state index contributed by atoms with van der Waals surface area (Å²) in [6.07, 6.45) is 2.31. The van der Waals surface area contributed by atoms with Crippen molar-refractivity contribution in [1.82, 2.24) is 10.2 Å². The SMILES string of the molecule is CC(NC(=O)N(C)CC(C)(C)O)c1ccc(OCC2CC2)c(F)c1. The third-order valence-corrected chi connectivity index (χ3v) is 3.94. The van der Waals surface area contributed by atoms with Gasteiger partial charge in [0.25, 0.3) is 0 Å². The highest BCUT2D eigenvalue weighted by molar-refractivity contribution is 5.74. The molecule has 24 heavy (non-hydrogen) atoms. The summed E-state index contributed by atoms with van der Waals surface area (Å²) < 4.78 is 19.6. The maximum absolute atomic E-state index is 14.1. The Morgan fingerprint density at radius 3 is 2.71 bits per heavy atom. The van der Waals surface area contributed by atoms with E-state index in [2.05, 4.69) is 5.32 Å². The van der Waals surface area contributed by atoms with E-state index in [1.807, 2.05) is 0 Å². The average Bonchev–Trinajstić information content (AvgIpc) is 3.28. The minimum atomic E-state index is -0.970. The van der Waals surface area contributed by atoms with Gasteiger partial charge in [-0.25, -0.2) is 9.18 Å². The molecule has 2 N–H and O–H groups in total. The van der Waals surface area contributed by atoms with Gasteiger partial charge in [0.2, 0.25) is 0 Å². The van der Waals surface area contributed by atoms with E-state index in [1.165, 1.54) is 11.0 Å². The van der Waals surface area contributed by atoms with Crippen LogP contribution in [-0.2, 0) is 0 Å². The molecule has 1 aromatic rings. The Balaban J connectivity index is 1.92. The smallest absolute Gasteiger partial charge is 0.317 e. The van der Waals surface area contributed by atoms with Crippen LogP contribution < -0.4 is 10.1 Å². The Hall–Kier alpha value is -1.82. The van der Waals surface area contributed by atoms with Gasteiger partial charge in [0.05, 0.1) is 24.8 Å². The number of nitrogens with zero attached hydrogens (tertiary/aromatic N) is 1. The fourth-order valence-corrected chi connectivity index (χ4v) is 2.43. The lowest BCUT2D eigenvalue weighted by Gasteiger charge is -2.27. The van der Waals surface area contributed by atoms with Crippen molar-refractivity contribution >= 4 is 6.03 Å². The van der Waals surface area contributed by atoms with Crippen LogP contribution >= 0.6 is 0 Å². The molecule has 0 radical (unpaired) electrons. The van der Waals surface area contributed by atoms with Crippen LogP contribution in [0.2, 0.25) is 0 Å². The minimum Gasteiger partial charge on any atom is -0.490 e. The Labute approximate surface area is 142 Å². The lowest BCUT2D eigenvalue weighted by molar-refractivity contribution is 0.0528. The summed E-state index contributed by atoms with van der Waals surface area (Å²) in [6, 6.07) is 4.08. The van der Waals surface area contributed by atoms with E-state index < -0.39 is 11.4 Å². The first-order valence-corrected chi connectivity index (χ1v) is 8.32. The van der Waals surface area contributed by atoms with Gasteiger partial charge >= 0.3 is 6.03 Å². The Bertz CT molecular complexity index is 582. The lowest BCUT2D eigenvalue weighted by Crippen LogP contribution is -2.45. The molecule has 1 fully saturated rings. The van der Waals surface area contributed by atoms with E-state index >= 15 is 0 Å². The van der Waals surface area contributed by atoms with E-state index in [1.54, 1.807) is 40.0 Å². The zero-order valence-electron chi connectivity index (χ0n) is 14.8. The standard InChI is InChI=1S/C18H27FN2O3/c1-12(20-17(22)21(4)11-18(2,3)23)14-7-8-16(15(19)9-14)24-10-13-5-6-13/h7-9,12-13,23H,5-6,10-11H2,1-4H3,(H,20,22). The summed E-state index contributed by atoms with van der Waals surface area (Å²) in [7, 11) is 1.61. The van der Waals surface area contributed by atoms with Crippen molar-refractivity contribution in [2.75, 3.05) is 20.2 Å². The molecule has 6 heteroatoms. The number of ether oxygens (including phenoxy) is 1. The summed E-state index contributed by atoms with van der Waals surface area (Å²) in [5, 5.41) is 12.6. The van der Waals surface area contributed by atoms with Gasteiger partial charge < -0.3 is 20.1 Å². The first-order valence-electron chi connectivity index (χ1n) is 8.32. The number of amides is 2. The van der Waals surface area contributed by atoms with Crippen LogP contribution in [0.4, 0.5) is 9.18 Å². The second-order valence-electron chi connectivity index (χ2n) is 7.28. The van der Waals surface area contributed by atoms with Crippen LogP contribution in [0.3, 0.4) is 0 Å². The topological polar surface area (TPSA) is 61.8 Å². The van der Waals surface area contributed by atoms with Crippen LogP contribution in [0.5, 0.6) is 5.75 Å². The van der Waals surface area contributed by atoms with Crippen LogP contribution in [0, 0.1) is 11.7 Å². The molecular weight excluding hydrogens is 311 g/mol. The Morgan fingerprint density at radius 2 is 2.17 bits per heavy atom. The van der Waals surface area contributed by atoms with Crippen molar-refractivity contribution in [2.45, 2.75) is 45.3 Å². The molecule has 134 valence electrons. The number of hydrogen-bond acceptors (Lipinski definition) is 3. The molecule has 2 amide bonds. The van der Waals surface area contributed by atoms with E-state index in [-0.39, 0.29) is 24.4 Å². The normalized spacial score (nSPS) is 15.8. The van der Waals surface area contributed by atoms with Gasteiger partial charge in [-0.2, -0.15) is 0 Å². The Kier molecular flexibility index (Phi) is 5.70. The van der Waals surface area contributed by atoms with Crippen LogP contribution in [0.15, 0.2) is 18.2 Å². The maximum atomic E-state index is 14.1. The first-order chi connectivity index (χ1) is 11.2. The van der Waals surface area contributed by atoms with Crippen LogP contribution in [0.25, 0.3) is 0 Å². The number of nitrogens with one attached hydrogen (secondary N) is 1. The zero-order valence-corrected chi connectivity index (χ0v) is 14.8. The summed E-state index contributed by atoms with van der Waals surface area (Å²) in [5.74, 6) is 0.399. The highest BCUT2D eigenvalue weighted by atomic mass is 19.1. The number of urea groups is 1. The molecule has 1 atom stereocenters. The second-order valence-corrected chi connectivity index (χ2v) is 7.28. The molecule has 0 saturated heterocycles. The minimum absolute atomic E-state index is 0.202. The number of aliphatic hydroxyl groups is 1. The number of carbonyl (C=O) groups is 1. The molecule has 0 aliphatic heterocycles. The maximum Gasteiger partial charge on any atom is 0.317 e. The zero-order chi connectivity index (χ0) is 17.9. The highest BCUT2D eigenvalue weighted by Gasteiger charge is 2.23. The van der Waals surface area contributed by atoms with E-state index in [0.717, 1.165) is 12.8 Å². The molecule has 0 bridgehead atoms. The molecule has 1 saturated carbocycles. The number of likely N-dealkylation sites (N-methyl/N-ethyl adjacent to an activating group) is 1. The quantitative estimate of drug-likeness (QED) is 0.803. The summed E-state index contributed by atoms with van der Waals surface area (Å²) in [5.41, 5.74) is -0.307. The molecule has 1 aliphatic rings. The lowest BCUT2D eigenvalue weighted by atomic mass is 10.1. The molecule has 1 aliphatic carbocycles. The van der Waals surface area contributed by atoms with Gasteiger partial charge in [0, 0.05) is 7.05 Å². The largest absolute Gasteiger partial charge is 0.490 e. The van der Waals surface area contributed by atoms with Gasteiger partial charge in [-0.3, -0.25) is 0 Å². The summed E-state index contributed by atoms with van der Waals surface area (Å²) in [6.45, 7) is 5.82. The molecule has 0 heterocycles. The molecule has 1 unspecified atom stereocenters. The van der Waals surface area contributed by atoms with Crippen molar-refractivity contribution < 1.29 is 19.0 Å². The Morgan fingerprint density at radius 1 is 1.50 bits per heavy atom. The number of rotatable bonds is 7. The third-order valence-electron chi connectivity index (χ3n) is 3.94. The third kappa shape index (κ3) is 5.67. The van der Waals surface area contributed by atoms with Gasteiger partial charge in [0.1, 0.15) is 0 Å². The molecule has 0 spiro atoms. The number of halogens is 1. The van der Waals surface area contributed by atoms with Crippen molar-refractivity contribution in [2.24, 2.45) is 5.92 Å². The van der Waals surface area contributed by atoms with Crippen molar-refractivity contribution in [3.8, 4) is 5.75 Å². The van der Waals surface area contributed by atoms with Crippen molar-refractivity contribution in [1.29, 1.82) is 0 Å². The molecule has 5 nitrogen and oxygen atoms in total. The molecular formula is C18H27FN2O3. The van der Waals surface area contributed by atoms with E-state index in [4.69, 9.17) is 4.74 Å². The van der Waals surface area contributed by atoms with E-state index in [0.29, 0.717) is 18.1 Å². The second kappa shape index (κ2) is 7.38. The predicted octanol–water partition coefficient (Wildman–Crippen LogP) is 3.09. The van der Waals surface area contributed by atoms with Gasteiger partial charge in [0.15, 0.2) is 11.6 Å². The highest BCUT2D eigenvalue weighted by Crippen LogP contribution is 2.30. The monoisotopic (exact) mass is 338 g/mol. The number of benzene rings is 1. The average molecular weight is 338 g/mol. The van der Waals surface area contributed by atoms with Crippen LogP contribution in [-0.4, -0.2) is 41.8 Å². The molecule has 2 rings (SSSR count). The molecule has 1 aromatic carbocycles. The summed E-state index contributed by atoms with van der Waals surface area (Å²) in [4.78, 5) is 13.5. The summed E-state index contributed by atoms with van der Waals surface area (Å²) >= 11 is 0. The fourth-order valence-electron chi connectivity index (χ4n) is 2.43. The van der Waals surface area contributed by atoms with Gasteiger partial charge in [-0.1, -0.05) is 6.07 Å². The van der Waals surface area contributed by atoms with E-state index in [9.17, 15) is 14.3 Å². The fraction of sp³-hybridized carbons (Fsp3) is 0.611. The van der Waals surface area contributed by atoms with Crippen LogP contribution in [0.1, 0.15) is 45.2 Å². The number of carbonyl (C=O) groups excluding carboxylic acids is 1. The van der Waals surface area contributed by atoms with Gasteiger partial charge in [-0.05, 0) is 57.2 Å². The van der Waals surface area contributed by atoms with Crippen molar-refractivity contribution in [3.05, 3.63) is 29.6 Å². The molecule has 0 aromatic heterocycles. The number of hydrogen-bond donors (Lipinski definition) is 2. The predicted molar refractivity (Wildman–Crippen MR) is 90.5 cm³/mol. The first kappa shape index (κ1) is 18.5.